The van der Waals surface area contributed by atoms with Gasteiger partial charge in [0.1, 0.15) is 5.82 Å². The van der Waals surface area contributed by atoms with E-state index >= 15 is 0 Å². The monoisotopic (exact) mass is 215 g/mol. The van der Waals surface area contributed by atoms with Gasteiger partial charge in [-0.15, -0.1) is 0 Å². The summed E-state index contributed by atoms with van der Waals surface area (Å²) in [6, 6.07) is 0.376. The van der Waals surface area contributed by atoms with Crippen molar-refractivity contribution < 1.29 is 4.79 Å². The van der Waals surface area contributed by atoms with Gasteiger partial charge >= 0.3 is 11.7 Å². The summed E-state index contributed by atoms with van der Waals surface area (Å²) in [4.78, 5) is 30.9. The van der Waals surface area contributed by atoms with Crippen LogP contribution < -0.4 is 28.5 Å². The fraction of sp³-hybridized carbons (Fsp3) is 0.286. The molecule has 6 N–H and O–H groups in total. The molecule has 1 rings (SSSR count). The van der Waals surface area contributed by atoms with Gasteiger partial charge in [-0.2, -0.15) is 0 Å². The lowest BCUT2D eigenvalue weighted by molar-refractivity contribution is 0.256. The molecule has 0 unspecified atom stereocenters. The number of hydrogen-bond acceptors (Lipinski definition) is 4. The summed E-state index contributed by atoms with van der Waals surface area (Å²) in [5.74, 6) is 0.179. The standard InChI is InChI=1S/C6H9N3O2.CH4N2O/c1-8-4(7)3-5(10)9(2)6(8)11;2-1(3)4/h3H,7H2,1-2H3;(H4,2,3,4). The largest absolute Gasteiger partial charge is 0.385 e. The van der Waals surface area contributed by atoms with E-state index in [1.807, 2.05) is 0 Å². The minimum absolute atomic E-state index is 0.179. The lowest BCUT2D eigenvalue weighted by Gasteiger charge is -2.02. The van der Waals surface area contributed by atoms with Crippen LogP contribution in [-0.2, 0) is 14.1 Å². The highest BCUT2D eigenvalue weighted by atomic mass is 16.2. The predicted molar refractivity (Wildman–Crippen MR) is 55.1 cm³/mol. The number of nitrogen functional groups attached to an aromatic ring is 1. The Labute approximate surface area is 84.9 Å². The maximum atomic E-state index is 11.1. The minimum atomic E-state index is -0.833. The first-order valence-electron chi connectivity index (χ1n) is 3.84. The fourth-order valence-electron chi connectivity index (χ4n) is 0.750. The number of aromatic nitrogens is 2. The van der Waals surface area contributed by atoms with E-state index in [0.29, 0.717) is 0 Å². The van der Waals surface area contributed by atoms with Gasteiger partial charge in [0.25, 0.3) is 5.56 Å². The third-order valence-electron chi connectivity index (χ3n) is 1.56. The van der Waals surface area contributed by atoms with Crippen LogP contribution in [0.3, 0.4) is 0 Å². The first-order valence-corrected chi connectivity index (χ1v) is 3.84. The molecule has 2 amide bonds. The zero-order chi connectivity index (χ0) is 12.2. The highest BCUT2D eigenvalue weighted by molar-refractivity contribution is 5.69. The van der Waals surface area contributed by atoms with Gasteiger partial charge in [0, 0.05) is 20.2 Å². The summed E-state index contributed by atoms with van der Waals surface area (Å²) in [5.41, 5.74) is 13.0. The molecule has 84 valence electrons. The molecule has 1 aromatic heterocycles. The van der Waals surface area contributed by atoms with Crippen molar-refractivity contribution in [3.8, 4) is 0 Å². The molecule has 1 heterocycles. The predicted octanol–water partition coefficient (Wildman–Crippen LogP) is -2.31. The maximum absolute atomic E-state index is 11.1. The van der Waals surface area contributed by atoms with Crippen LogP contribution in [0.25, 0.3) is 0 Å². The Hall–Kier alpha value is -2.25. The van der Waals surface area contributed by atoms with Crippen molar-refractivity contribution in [2.24, 2.45) is 25.6 Å². The number of carbonyl (C=O) groups excluding carboxylic acids is 1. The number of nitrogens with two attached hydrogens (primary N) is 3. The van der Waals surface area contributed by atoms with E-state index in [4.69, 9.17) is 10.5 Å². The normalized spacial score (nSPS) is 8.93. The van der Waals surface area contributed by atoms with Gasteiger partial charge in [0.05, 0.1) is 0 Å². The van der Waals surface area contributed by atoms with Gasteiger partial charge in [-0.1, -0.05) is 0 Å². The van der Waals surface area contributed by atoms with Crippen LogP contribution in [0.2, 0.25) is 0 Å². The molecule has 0 aliphatic heterocycles. The Bertz CT molecular complexity index is 468. The topological polar surface area (TPSA) is 139 Å². The molecule has 0 radical (unpaired) electrons. The number of hydrogen-bond donors (Lipinski definition) is 3. The molecule has 0 aliphatic rings. The van der Waals surface area contributed by atoms with E-state index in [0.717, 1.165) is 4.57 Å². The molecule has 0 aliphatic carbocycles. The van der Waals surface area contributed by atoms with Gasteiger partial charge in [0.2, 0.25) is 0 Å². The Morgan fingerprint density at radius 2 is 1.60 bits per heavy atom. The van der Waals surface area contributed by atoms with Crippen LogP contribution in [0.15, 0.2) is 15.7 Å². The fourth-order valence-corrected chi connectivity index (χ4v) is 0.750. The third kappa shape index (κ3) is 3.55. The van der Waals surface area contributed by atoms with E-state index < -0.39 is 11.7 Å². The van der Waals surface area contributed by atoms with Gasteiger partial charge in [0.15, 0.2) is 0 Å². The van der Waals surface area contributed by atoms with Gasteiger partial charge < -0.3 is 17.2 Å². The van der Waals surface area contributed by atoms with Crippen molar-refractivity contribution in [1.29, 1.82) is 0 Å². The summed E-state index contributed by atoms with van der Waals surface area (Å²) >= 11 is 0. The number of urea groups is 1. The molecule has 0 atom stereocenters. The summed E-state index contributed by atoms with van der Waals surface area (Å²) in [5, 5.41) is 0. The van der Waals surface area contributed by atoms with E-state index in [2.05, 4.69) is 11.5 Å². The van der Waals surface area contributed by atoms with Crippen LogP contribution in [-0.4, -0.2) is 15.2 Å². The van der Waals surface area contributed by atoms with E-state index in [9.17, 15) is 9.59 Å². The molecule has 0 aromatic carbocycles. The number of amides is 2. The van der Waals surface area contributed by atoms with Crippen molar-refractivity contribution in [1.82, 2.24) is 9.13 Å². The number of nitrogens with zero attached hydrogens (tertiary/aromatic N) is 2. The molecule has 15 heavy (non-hydrogen) atoms. The summed E-state index contributed by atoms with van der Waals surface area (Å²) in [6.07, 6.45) is 0. The molecule has 0 bridgehead atoms. The quantitative estimate of drug-likeness (QED) is 0.447. The van der Waals surface area contributed by atoms with Gasteiger partial charge in [-0.25, -0.2) is 9.59 Å². The third-order valence-corrected chi connectivity index (χ3v) is 1.56. The van der Waals surface area contributed by atoms with Gasteiger partial charge in [-0.05, 0) is 0 Å². The SMILES string of the molecule is Cn1c(N)cc(=O)n(C)c1=O.NC(N)=O. The first kappa shape index (κ1) is 12.8. The lowest BCUT2D eigenvalue weighted by Crippen LogP contribution is -2.37. The van der Waals surface area contributed by atoms with Crippen LogP contribution >= 0.6 is 0 Å². The average Bonchev–Trinajstić information content (AvgIpc) is 2.11. The van der Waals surface area contributed by atoms with Crippen LogP contribution in [0.4, 0.5) is 10.6 Å². The maximum Gasteiger partial charge on any atom is 0.332 e. The Morgan fingerprint density at radius 1 is 1.20 bits per heavy atom. The van der Waals surface area contributed by atoms with Crippen LogP contribution in [0.1, 0.15) is 0 Å². The molecule has 0 spiro atoms. The number of anilines is 1. The van der Waals surface area contributed by atoms with Crippen molar-refractivity contribution >= 4 is 11.8 Å². The molecule has 0 saturated heterocycles. The summed E-state index contributed by atoms with van der Waals surface area (Å²) in [6.45, 7) is 0. The number of primary amides is 2. The Kier molecular flexibility index (Phi) is 4.11. The second-order valence-corrected chi connectivity index (χ2v) is 2.71. The van der Waals surface area contributed by atoms with Crippen molar-refractivity contribution in [2.45, 2.75) is 0 Å². The second kappa shape index (κ2) is 4.84. The number of rotatable bonds is 0. The highest BCUT2D eigenvalue weighted by Crippen LogP contribution is 1.86. The van der Waals surface area contributed by atoms with Crippen molar-refractivity contribution in [2.75, 3.05) is 5.73 Å². The highest BCUT2D eigenvalue weighted by Gasteiger charge is 2.00. The molecular weight excluding hydrogens is 202 g/mol. The zero-order valence-corrected chi connectivity index (χ0v) is 8.43. The van der Waals surface area contributed by atoms with Gasteiger partial charge in [-0.3, -0.25) is 13.9 Å². The second-order valence-electron chi connectivity index (χ2n) is 2.71. The zero-order valence-electron chi connectivity index (χ0n) is 8.43. The lowest BCUT2D eigenvalue weighted by atomic mass is 10.5. The molecule has 0 fully saturated rings. The molecule has 1 aromatic rings. The first-order chi connectivity index (χ1) is 6.77. The van der Waals surface area contributed by atoms with E-state index in [1.165, 1.54) is 24.7 Å². The summed E-state index contributed by atoms with van der Waals surface area (Å²) < 4.78 is 2.21. The Balaban J connectivity index is 0.000000423. The van der Waals surface area contributed by atoms with E-state index in [-0.39, 0.29) is 11.4 Å². The van der Waals surface area contributed by atoms with Crippen molar-refractivity contribution in [3.63, 3.8) is 0 Å². The average molecular weight is 215 g/mol. The minimum Gasteiger partial charge on any atom is -0.385 e. The van der Waals surface area contributed by atoms with Crippen LogP contribution in [0, 0.1) is 0 Å². The smallest absolute Gasteiger partial charge is 0.332 e. The number of carbonyl (C=O) groups is 1. The van der Waals surface area contributed by atoms with Crippen LogP contribution in [0.5, 0.6) is 0 Å². The van der Waals surface area contributed by atoms with Crippen molar-refractivity contribution in [3.05, 3.63) is 26.9 Å². The summed E-state index contributed by atoms with van der Waals surface area (Å²) in [7, 11) is 2.92. The molecule has 0 saturated carbocycles. The van der Waals surface area contributed by atoms with E-state index in [1.54, 1.807) is 0 Å². The molecular formula is C7H13N5O3. The Morgan fingerprint density at radius 3 is 2.00 bits per heavy atom. The molecule has 8 nitrogen and oxygen atoms in total. The molecule has 8 heteroatoms.